The van der Waals surface area contributed by atoms with Crippen molar-refractivity contribution in [1.82, 2.24) is 0 Å². The van der Waals surface area contributed by atoms with Gasteiger partial charge in [0, 0.05) is 12.0 Å². The molecule has 0 N–H and O–H groups in total. The van der Waals surface area contributed by atoms with Crippen molar-refractivity contribution < 1.29 is 12.4 Å². The molecular formula is C10H16NO2S+. The van der Waals surface area contributed by atoms with Crippen LogP contribution in [-0.2, 0) is 10.0 Å². The molecule has 1 rings (SSSR count). The topological polar surface area (TPSA) is 37.1 Å². The Labute approximate surface area is 85.5 Å². The molecule has 0 aliphatic carbocycles. The van der Waals surface area contributed by atoms with Crippen molar-refractivity contribution in [2.75, 3.05) is 12.8 Å². The van der Waals surface area contributed by atoms with E-state index in [0.29, 0.717) is 6.54 Å². The van der Waals surface area contributed by atoms with Crippen LogP contribution in [0.3, 0.4) is 0 Å². The Balaban J connectivity index is 3.02. The van der Waals surface area contributed by atoms with Crippen molar-refractivity contribution in [3.05, 3.63) is 24.3 Å². The largest absolute Gasteiger partial charge is 0.362 e. The molecule has 0 saturated heterocycles. The molecule has 0 unspecified atom stereocenters. The van der Waals surface area contributed by atoms with Crippen LogP contribution in [0.2, 0.25) is 0 Å². The van der Waals surface area contributed by atoms with Gasteiger partial charge in [0.15, 0.2) is 12.3 Å². The predicted molar refractivity (Wildman–Crippen MR) is 58.2 cm³/mol. The molecular weight excluding hydrogens is 198 g/mol. The maximum Gasteiger partial charge on any atom is 0.362 e. The lowest BCUT2D eigenvalue weighted by Gasteiger charge is -1.99. The molecule has 0 aromatic rings. The van der Waals surface area contributed by atoms with Crippen molar-refractivity contribution in [3.8, 4) is 0 Å². The number of allylic oxidation sites excluding steroid dienone is 2. The summed E-state index contributed by atoms with van der Waals surface area (Å²) >= 11 is 0. The molecule has 1 aliphatic heterocycles. The summed E-state index contributed by atoms with van der Waals surface area (Å²) in [4.78, 5) is 0. The average Bonchev–Trinajstić information content (AvgIpc) is 2.42. The highest BCUT2D eigenvalue weighted by molar-refractivity contribution is 7.84. The first-order chi connectivity index (χ1) is 6.46. The first-order valence-corrected chi connectivity index (χ1v) is 6.43. The molecule has 3 nitrogen and oxygen atoms in total. The highest BCUT2D eigenvalue weighted by Gasteiger charge is 2.28. The monoisotopic (exact) mass is 214 g/mol. The second kappa shape index (κ2) is 4.09. The third kappa shape index (κ3) is 2.32. The Hall–Kier alpha value is -0.900. The van der Waals surface area contributed by atoms with Gasteiger partial charge in [-0.2, -0.15) is 8.42 Å². The molecule has 0 bridgehead atoms. The van der Waals surface area contributed by atoms with E-state index >= 15 is 0 Å². The number of hydrogen-bond donors (Lipinski definition) is 0. The predicted octanol–water partition coefficient (Wildman–Crippen LogP) is 1.33. The third-order valence-corrected chi connectivity index (χ3v) is 3.48. The standard InChI is InChI=1S/C10H16NO2S/c1-4-5-6-10-9(2)7-8-11(10)14(3,12)13/h4,7H,1,5-6,8H2,2-3H3/q+1. The number of sulfonamides is 1. The minimum absolute atomic E-state index is 0.483. The summed E-state index contributed by atoms with van der Waals surface area (Å²) in [5.41, 5.74) is 1.98. The molecule has 14 heavy (non-hydrogen) atoms. The summed E-state index contributed by atoms with van der Waals surface area (Å²) < 4.78 is 24.3. The van der Waals surface area contributed by atoms with E-state index in [1.165, 1.54) is 10.2 Å². The molecule has 0 atom stereocenters. The summed E-state index contributed by atoms with van der Waals surface area (Å²) in [5, 5.41) is 0. The lowest BCUT2D eigenvalue weighted by Crippen LogP contribution is -2.23. The quantitative estimate of drug-likeness (QED) is 0.523. The summed E-state index contributed by atoms with van der Waals surface area (Å²) in [7, 11) is -3.11. The zero-order valence-electron chi connectivity index (χ0n) is 8.66. The maximum absolute atomic E-state index is 11.4. The second-order valence-corrected chi connectivity index (χ2v) is 5.36. The van der Waals surface area contributed by atoms with E-state index in [9.17, 15) is 8.42 Å². The minimum Gasteiger partial charge on any atom is -0.164 e. The van der Waals surface area contributed by atoms with Gasteiger partial charge in [0.1, 0.15) is 0 Å². The van der Waals surface area contributed by atoms with Gasteiger partial charge in [0.05, 0.1) is 6.26 Å². The summed E-state index contributed by atoms with van der Waals surface area (Å²) in [6.45, 7) is 6.06. The van der Waals surface area contributed by atoms with Crippen LogP contribution < -0.4 is 0 Å². The highest BCUT2D eigenvalue weighted by Crippen LogP contribution is 2.13. The average molecular weight is 214 g/mol. The Bertz CT molecular complexity index is 402. The van der Waals surface area contributed by atoms with Gasteiger partial charge in [-0.3, -0.25) is 0 Å². The van der Waals surface area contributed by atoms with E-state index in [1.54, 1.807) is 6.08 Å². The normalized spacial score (nSPS) is 17.1. The molecule has 0 aromatic carbocycles. The van der Waals surface area contributed by atoms with Crippen molar-refractivity contribution >= 4 is 15.7 Å². The Morgan fingerprint density at radius 2 is 2.29 bits per heavy atom. The molecule has 1 aliphatic rings. The fraction of sp³-hybridized carbons (Fsp3) is 0.500. The van der Waals surface area contributed by atoms with Crippen LogP contribution in [0.15, 0.2) is 24.3 Å². The number of nitrogens with zero attached hydrogens (tertiary/aromatic N) is 1. The number of rotatable bonds is 4. The molecule has 0 amide bonds. The fourth-order valence-electron chi connectivity index (χ4n) is 1.54. The van der Waals surface area contributed by atoms with Crippen LogP contribution in [0.5, 0.6) is 0 Å². The van der Waals surface area contributed by atoms with Gasteiger partial charge in [-0.1, -0.05) is 6.08 Å². The first kappa shape index (κ1) is 11.2. The Morgan fingerprint density at radius 1 is 1.64 bits per heavy atom. The van der Waals surface area contributed by atoms with Crippen LogP contribution in [0.25, 0.3) is 0 Å². The Kier molecular flexibility index (Phi) is 3.26. The zero-order chi connectivity index (χ0) is 10.8. The smallest absolute Gasteiger partial charge is 0.164 e. The van der Waals surface area contributed by atoms with Crippen LogP contribution in [-0.4, -0.2) is 30.9 Å². The van der Waals surface area contributed by atoms with Crippen molar-refractivity contribution in [2.24, 2.45) is 0 Å². The van der Waals surface area contributed by atoms with Gasteiger partial charge in [0.25, 0.3) is 0 Å². The lowest BCUT2D eigenvalue weighted by atomic mass is 10.1. The summed E-state index contributed by atoms with van der Waals surface area (Å²) in [6, 6.07) is 0. The van der Waals surface area contributed by atoms with E-state index in [4.69, 9.17) is 0 Å². The second-order valence-electron chi connectivity index (χ2n) is 3.46. The van der Waals surface area contributed by atoms with E-state index in [2.05, 4.69) is 6.58 Å². The van der Waals surface area contributed by atoms with Gasteiger partial charge in [0.2, 0.25) is 0 Å². The third-order valence-electron chi connectivity index (χ3n) is 2.31. The highest BCUT2D eigenvalue weighted by atomic mass is 32.2. The van der Waals surface area contributed by atoms with Crippen molar-refractivity contribution in [3.63, 3.8) is 0 Å². The van der Waals surface area contributed by atoms with Gasteiger partial charge in [-0.25, -0.2) is 0 Å². The lowest BCUT2D eigenvalue weighted by molar-refractivity contribution is -0.348. The first-order valence-electron chi connectivity index (χ1n) is 4.58. The van der Waals surface area contributed by atoms with Gasteiger partial charge >= 0.3 is 10.0 Å². The van der Waals surface area contributed by atoms with Gasteiger partial charge < -0.3 is 0 Å². The summed E-state index contributed by atoms with van der Waals surface area (Å²) in [5.74, 6) is 0. The Morgan fingerprint density at radius 3 is 2.79 bits per heavy atom. The van der Waals surface area contributed by atoms with Crippen molar-refractivity contribution in [1.29, 1.82) is 0 Å². The van der Waals surface area contributed by atoms with Gasteiger partial charge in [-0.05, 0) is 19.4 Å². The zero-order valence-corrected chi connectivity index (χ0v) is 9.47. The molecule has 0 aromatic heterocycles. The van der Waals surface area contributed by atoms with E-state index in [-0.39, 0.29) is 0 Å². The molecule has 4 heteroatoms. The van der Waals surface area contributed by atoms with Crippen LogP contribution >= 0.6 is 0 Å². The fourth-order valence-corrected chi connectivity index (χ4v) is 2.52. The van der Waals surface area contributed by atoms with Crippen molar-refractivity contribution in [2.45, 2.75) is 19.8 Å². The van der Waals surface area contributed by atoms with Crippen LogP contribution in [0, 0.1) is 0 Å². The molecule has 0 spiro atoms. The van der Waals surface area contributed by atoms with E-state index in [1.807, 2.05) is 13.0 Å². The minimum atomic E-state index is -3.11. The van der Waals surface area contributed by atoms with Crippen LogP contribution in [0.1, 0.15) is 19.8 Å². The van der Waals surface area contributed by atoms with E-state index < -0.39 is 10.0 Å². The molecule has 78 valence electrons. The van der Waals surface area contributed by atoms with Gasteiger partial charge in [-0.15, -0.1) is 10.6 Å². The van der Waals surface area contributed by atoms with E-state index in [0.717, 1.165) is 24.1 Å². The molecule has 0 fully saturated rings. The maximum atomic E-state index is 11.4. The van der Waals surface area contributed by atoms with Crippen LogP contribution in [0.4, 0.5) is 0 Å². The molecule has 0 radical (unpaired) electrons. The SMILES string of the molecule is C=CCCC1=[N+](S(C)(=O)=O)CC=C1C. The molecule has 1 heterocycles. The summed E-state index contributed by atoms with van der Waals surface area (Å²) in [6.07, 6.45) is 6.55. The number of hydrogen-bond acceptors (Lipinski definition) is 2. The molecule has 0 saturated carbocycles.